The van der Waals surface area contributed by atoms with Crippen molar-refractivity contribution in [2.45, 2.75) is 13.1 Å². The Labute approximate surface area is 277 Å². The van der Waals surface area contributed by atoms with Crippen molar-refractivity contribution in [2.24, 2.45) is 0 Å². The predicted molar refractivity (Wildman–Crippen MR) is 174 cm³/mol. The number of fused-ring (bicyclic) bond motifs is 6. The summed E-state index contributed by atoms with van der Waals surface area (Å²) in [6, 6.07) is 25.5. The number of rotatable bonds is 2. The van der Waals surface area contributed by atoms with E-state index in [1.54, 1.807) is 43.3 Å². The zero-order valence-corrected chi connectivity index (χ0v) is 25.3. The van der Waals surface area contributed by atoms with Gasteiger partial charge in [-0.05, 0) is 122 Å². The van der Waals surface area contributed by atoms with Gasteiger partial charge < -0.3 is 0 Å². The molecule has 0 aliphatic heterocycles. The fraction of sp³-hybridized carbons (Fsp3) is 0.0500. The van der Waals surface area contributed by atoms with Crippen molar-refractivity contribution < 1.29 is 22.0 Å². The van der Waals surface area contributed by atoms with Crippen LogP contribution in [0.1, 0.15) is 33.4 Å². The fourth-order valence-corrected chi connectivity index (χ4v) is 6.56. The Morgan fingerprint density at radius 3 is 1.39 bits per heavy atom. The van der Waals surface area contributed by atoms with Crippen LogP contribution in [-0.4, -0.2) is 0 Å². The van der Waals surface area contributed by atoms with Crippen molar-refractivity contribution in [3.63, 3.8) is 0 Å². The first-order chi connectivity index (χ1) is 23.5. The summed E-state index contributed by atoms with van der Waals surface area (Å²) >= 11 is 0. The van der Waals surface area contributed by atoms with Crippen LogP contribution in [0.15, 0.2) is 96.3 Å². The molecule has 2 aliphatic rings. The van der Waals surface area contributed by atoms with Crippen molar-refractivity contribution >= 4 is 11.1 Å². The molecule has 0 spiro atoms. The topological polar surface area (TPSA) is 56.3 Å². The zero-order chi connectivity index (χ0) is 34.8. The van der Waals surface area contributed by atoms with Gasteiger partial charge in [-0.1, -0.05) is 42.5 Å². The van der Waals surface area contributed by atoms with E-state index in [4.69, 9.17) is 13.1 Å². The minimum Gasteiger partial charge on any atom is -0.226 e. The molecule has 4 nitrogen and oxygen atoms in total. The number of halogens is 5. The highest BCUT2D eigenvalue weighted by atomic mass is 19.4. The summed E-state index contributed by atoms with van der Waals surface area (Å²) in [7, 11) is 0. The number of hydrogen-bond donors (Lipinski definition) is 0. The highest BCUT2D eigenvalue weighted by Gasteiger charge is 2.35. The smallest absolute Gasteiger partial charge is 0.226 e. The van der Waals surface area contributed by atoms with Crippen molar-refractivity contribution in [2.75, 3.05) is 0 Å². The number of benzene rings is 5. The molecule has 0 bridgehead atoms. The third-order valence-electron chi connectivity index (χ3n) is 8.88. The Balaban J connectivity index is 1.45. The van der Waals surface area contributed by atoms with Crippen LogP contribution in [0.3, 0.4) is 0 Å². The molecular formula is C40H17F5N4. The van der Waals surface area contributed by atoms with Crippen molar-refractivity contribution in [1.29, 1.82) is 10.5 Å². The van der Waals surface area contributed by atoms with E-state index in [-0.39, 0.29) is 28.3 Å². The second kappa shape index (κ2) is 11.2. The molecule has 0 saturated carbocycles. The molecule has 0 unspecified atom stereocenters. The Kier molecular flexibility index (Phi) is 7.02. The lowest BCUT2D eigenvalue weighted by Crippen LogP contribution is -2.07. The second-order valence-corrected chi connectivity index (χ2v) is 11.5. The molecule has 0 aromatic heterocycles. The average molecular weight is 649 g/mol. The van der Waals surface area contributed by atoms with E-state index in [0.717, 1.165) is 17.7 Å². The predicted octanol–water partition coefficient (Wildman–Crippen LogP) is 11.0. The summed E-state index contributed by atoms with van der Waals surface area (Å²) in [6.07, 6.45) is -4.86. The van der Waals surface area contributed by atoms with E-state index in [0.29, 0.717) is 72.8 Å². The zero-order valence-electron chi connectivity index (χ0n) is 25.3. The summed E-state index contributed by atoms with van der Waals surface area (Å²) in [4.78, 5) is 6.96. The van der Waals surface area contributed by atoms with Gasteiger partial charge in [0.2, 0.25) is 0 Å². The van der Waals surface area contributed by atoms with Gasteiger partial charge in [-0.25, -0.2) is 29.0 Å². The van der Waals surface area contributed by atoms with E-state index in [1.165, 1.54) is 6.07 Å². The molecule has 0 saturated heterocycles. The molecule has 9 heteroatoms. The monoisotopic (exact) mass is 648 g/mol. The van der Waals surface area contributed by atoms with Crippen molar-refractivity contribution in [3.05, 3.63) is 164 Å². The number of hydrogen-bond acceptors (Lipinski definition) is 2. The van der Waals surface area contributed by atoms with Crippen LogP contribution in [0, 0.1) is 54.4 Å². The lowest BCUT2D eigenvalue weighted by atomic mass is 9.94. The van der Waals surface area contributed by atoms with E-state index in [2.05, 4.69) is 9.69 Å². The number of aryl methyl sites for hydroxylation is 1. The Hall–Kier alpha value is -6.81. The third kappa shape index (κ3) is 4.77. The largest absolute Gasteiger partial charge is 0.419 e. The van der Waals surface area contributed by atoms with Gasteiger partial charge in [-0.2, -0.15) is 13.2 Å². The molecule has 7 rings (SSSR count). The van der Waals surface area contributed by atoms with Gasteiger partial charge in [0, 0.05) is 11.1 Å². The average Bonchev–Trinajstić information content (AvgIpc) is 3.57. The standard InChI is InChI=1S/C40H17F5N4/c1-20-4-5-23(14-34(20)41)21-6-9-25-27-16-28-26-10-7-22(24-8-11-33(35(42)15-24)40(43,44)45)13-30(26)39(37(19-47)49-3)32(28)17-31(27)38(29(25)12-21)36(18-46)48-2/h4-17H,1H3/b38-36+,39-37-. The molecular weight excluding hydrogens is 631 g/mol. The summed E-state index contributed by atoms with van der Waals surface area (Å²) < 4.78 is 68.7. The first-order valence-corrected chi connectivity index (χ1v) is 14.6. The number of nitrogens with zero attached hydrogens (tertiary/aromatic N) is 4. The summed E-state index contributed by atoms with van der Waals surface area (Å²) in [5, 5.41) is 20.0. The summed E-state index contributed by atoms with van der Waals surface area (Å²) in [5.41, 5.74) is 5.94. The SMILES string of the molecule is [C-]#[N+]/C(C#N)=C1/c2cc(-c3ccc(C(F)(F)F)c(F)c3)ccc2-c2cc3c(cc21)/C(=C(\C#N)[N+]#[C-])c1cc(-c2ccc(C)c(F)c2)ccc1-3. The Bertz CT molecular complexity index is 2530. The molecule has 49 heavy (non-hydrogen) atoms. The van der Waals surface area contributed by atoms with Gasteiger partial charge in [-0.3, -0.25) is 0 Å². The lowest BCUT2D eigenvalue weighted by Gasteiger charge is -2.11. The molecule has 0 heterocycles. The van der Waals surface area contributed by atoms with Gasteiger partial charge in [0.1, 0.15) is 11.6 Å². The van der Waals surface area contributed by atoms with Crippen LogP contribution in [0.4, 0.5) is 22.0 Å². The molecule has 5 aromatic carbocycles. The van der Waals surface area contributed by atoms with Crippen molar-refractivity contribution in [3.8, 4) is 56.6 Å². The van der Waals surface area contributed by atoms with Crippen LogP contribution in [0.5, 0.6) is 0 Å². The number of allylic oxidation sites excluding steroid dienone is 2. The third-order valence-corrected chi connectivity index (χ3v) is 8.88. The molecule has 0 N–H and O–H groups in total. The van der Waals surface area contributed by atoms with Gasteiger partial charge in [-0.15, -0.1) is 0 Å². The van der Waals surface area contributed by atoms with E-state index in [9.17, 15) is 32.5 Å². The minimum absolute atomic E-state index is 0.173. The number of nitriles is 2. The van der Waals surface area contributed by atoms with E-state index in [1.807, 2.05) is 36.4 Å². The summed E-state index contributed by atoms with van der Waals surface area (Å²) in [6.45, 7) is 17.2. The molecule has 2 aliphatic carbocycles. The Morgan fingerprint density at radius 2 is 0.959 bits per heavy atom. The maximum Gasteiger partial charge on any atom is 0.419 e. The first kappa shape index (κ1) is 30.8. The van der Waals surface area contributed by atoms with Crippen LogP contribution in [0.25, 0.3) is 65.3 Å². The quantitative estimate of drug-likeness (QED) is 0.106. The molecule has 0 atom stereocenters. The molecule has 0 radical (unpaired) electrons. The van der Waals surface area contributed by atoms with Crippen LogP contribution in [0.2, 0.25) is 0 Å². The molecule has 5 aromatic rings. The van der Waals surface area contributed by atoms with E-state index < -0.39 is 17.6 Å². The van der Waals surface area contributed by atoms with Gasteiger partial charge in [0.15, 0.2) is 0 Å². The van der Waals surface area contributed by atoms with Crippen LogP contribution in [-0.2, 0) is 6.18 Å². The van der Waals surface area contributed by atoms with Gasteiger partial charge in [0.05, 0.1) is 30.8 Å². The normalized spacial score (nSPS) is 14.3. The van der Waals surface area contributed by atoms with E-state index >= 15 is 0 Å². The summed E-state index contributed by atoms with van der Waals surface area (Å²) in [5.74, 6) is -1.80. The number of alkyl halides is 3. The second-order valence-electron chi connectivity index (χ2n) is 11.5. The molecule has 0 fully saturated rings. The first-order valence-electron chi connectivity index (χ1n) is 14.6. The Morgan fingerprint density at radius 1 is 0.551 bits per heavy atom. The minimum atomic E-state index is -4.86. The maximum absolute atomic E-state index is 14.5. The highest BCUT2D eigenvalue weighted by molar-refractivity contribution is 6.11. The van der Waals surface area contributed by atoms with Gasteiger partial charge >= 0.3 is 6.18 Å². The van der Waals surface area contributed by atoms with Crippen LogP contribution >= 0.6 is 0 Å². The van der Waals surface area contributed by atoms with Crippen LogP contribution < -0.4 is 0 Å². The lowest BCUT2D eigenvalue weighted by molar-refractivity contribution is -0.139. The maximum atomic E-state index is 14.5. The highest BCUT2D eigenvalue weighted by Crippen LogP contribution is 2.54. The van der Waals surface area contributed by atoms with Crippen molar-refractivity contribution in [1.82, 2.24) is 0 Å². The van der Waals surface area contributed by atoms with Gasteiger partial charge in [0.25, 0.3) is 11.4 Å². The molecule has 0 amide bonds. The fourth-order valence-electron chi connectivity index (χ4n) is 6.56. The molecule has 232 valence electrons.